The van der Waals surface area contributed by atoms with E-state index in [2.05, 4.69) is 31.3 Å². The van der Waals surface area contributed by atoms with Gasteiger partial charge in [0.2, 0.25) is 0 Å². The zero-order valence-corrected chi connectivity index (χ0v) is 11.7. The summed E-state index contributed by atoms with van der Waals surface area (Å²) in [5, 5.41) is 10.6. The zero-order chi connectivity index (χ0) is 14.8. The third kappa shape index (κ3) is 2.31. The summed E-state index contributed by atoms with van der Waals surface area (Å²) in [4.78, 5) is 12.6. The van der Waals surface area contributed by atoms with E-state index in [1.807, 2.05) is 30.6 Å². The molecule has 6 nitrogen and oxygen atoms in total. The van der Waals surface area contributed by atoms with Crippen LogP contribution < -0.4 is 0 Å². The topological polar surface area (TPSA) is 69.4 Å². The molecule has 6 heteroatoms. The highest BCUT2D eigenvalue weighted by Gasteiger charge is 2.08. The van der Waals surface area contributed by atoms with Crippen LogP contribution in [-0.4, -0.2) is 29.9 Å². The minimum absolute atomic E-state index is 0.497. The van der Waals surface area contributed by atoms with Crippen LogP contribution in [-0.2, 0) is 6.54 Å². The van der Waals surface area contributed by atoms with Crippen LogP contribution in [0.4, 0.5) is 0 Å². The molecule has 0 saturated heterocycles. The van der Waals surface area contributed by atoms with Crippen molar-refractivity contribution < 1.29 is 0 Å². The number of benzene rings is 1. The minimum atomic E-state index is 0.497. The van der Waals surface area contributed by atoms with Gasteiger partial charge in [-0.05, 0) is 17.5 Å². The van der Waals surface area contributed by atoms with Crippen LogP contribution in [0, 0.1) is 0 Å². The molecule has 3 aromatic heterocycles. The Morgan fingerprint density at radius 3 is 2.77 bits per heavy atom. The summed E-state index contributed by atoms with van der Waals surface area (Å²) in [6.07, 6.45) is 8.98. The molecule has 4 aromatic rings. The van der Waals surface area contributed by atoms with Crippen molar-refractivity contribution in [3.8, 4) is 11.3 Å². The maximum atomic E-state index is 4.26. The summed E-state index contributed by atoms with van der Waals surface area (Å²) in [7, 11) is 0. The number of hydrogen-bond donors (Lipinski definition) is 0. The normalized spacial score (nSPS) is 10.9. The van der Waals surface area contributed by atoms with Crippen LogP contribution in [0.5, 0.6) is 0 Å². The second-order valence-electron chi connectivity index (χ2n) is 4.87. The smallest absolute Gasteiger partial charge is 0.149 e. The number of hydrogen-bond acceptors (Lipinski definition) is 5. The van der Waals surface area contributed by atoms with Crippen molar-refractivity contribution in [1.82, 2.24) is 29.9 Å². The molecule has 1 aromatic carbocycles. The van der Waals surface area contributed by atoms with Gasteiger partial charge >= 0.3 is 0 Å². The van der Waals surface area contributed by atoms with E-state index in [0.717, 1.165) is 22.0 Å². The summed E-state index contributed by atoms with van der Waals surface area (Å²) in [5.41, 5.74) is 1.83. The lowest BCUT2D eigenvalue weighted by Crippen LogP contribution is -2.04. The van der Waals surface area contributed by atoms with Gasteiger partial charge in [0.05, 0.1) is 6.20 Å². The number of nitrogens with zero attached hydrogens (tertiary/aromatic N) is 6. The van der Waals surface area contributed by atoms with Gasteiger partial charge in [-0.15, -0.1) is 5.10 Å². The Morgan fingerprint density at radius 1 is 0.955 bits per heavy atom. The maximum Gasteiger partial charge on any atom is 0.149 e. The fourth-order valence-corrected chi connectivity index (χ4v) is 2.39. The molecule has 0 N–H and O–H groups in total. The molecule has 0 aliphatic heterocycles. The monoisotopic (exact) mass is 288 g/mol. The standard InChI is InChI=1S/C16H12N6/c1-3-12-5-8-17-9-14(12)13(4-1)15-10-22(21-20-15)11-16-18-6-2-7-19-16/h1-10H,11H2. The predicted molar refractivity (Wildman–Crippen MR) is 81.9 cm³/mol. The maximum absolute atomic E-state index is 4.26. The third-order valence-electron chi connectivity index (χ3n) is 3.42. The van der Waals surface area contributed by atoms with Crippen LogP contribution in [0.25, 0.3) is 22.0 Å². The Morgan fingerprint density at radius 2 is 1.86 bits per heavy atom. The SMILES string of the molecule is c1cnc(Cn2cc(-c3cccc4ccncc34)nn2)nc1. The molecule has 3 heterocycles. The summed E-state index contributed by atoms with van der Waals surface area (Å²) in [6.45, 7) is 0.497. The molecule has 0 radical (unpaired) electrons. The van der Waals surface area contributed by atoms with Gasteiger partial charge in [0.1, 0.15) is 18.1 Å². The number of rotatable bonds is 3. The third-order valence-corrected chi connectivity index (χ3v) is 3.42. The van der Waals surface area contributed by atoms with Gasteiger partial charge < -0.3 is 0 Å². The molecule has 0 aliphatic rings. The van der Waals surface area contributed by atoms with Crippen LogP contribution in [0.3, 0.4) is 0 Å². The van der Waals surface area contributed by atoms with Gasteiger partial charge in [0, 0.05) is 35.7 Å². The molecule has 0 amide bonds. The Labute approximate surface area is 126 Å². The molecule has 0 fully saturated rings. The van der Waals surface area contributed by atoms with E-state index in [1.165, 1.54) is 0 Å². The fraction of sp³-hybridized carbons (Fsp3) is 0.0625. The molecular weight excluding hydrogens is 276 g/mol. The van der Waals surface area contributed by atoms with Gasteiger partial charge in [-0.3, -0.25) is 4.98 Å². The summed E-state index contributed by atoms with van der Waals surface area (Å²) < 4.78 is 1.74. The van der Waals surface area contributed by atoms with Crippen LogP contribution >= 0.6 is 0 Å². The van der Waals surface area contributed by atoms with Gasteiger partial charge in [0.15, 0.2) is 0 Å². The van der Waals surface area contributed by atoms with Crippen molar-refractivity contribution in [2.24, 2.45) is 0 Å². The lowest BCUT2D eigenvalue weighted by Gasteiger charge is -2.02. The first-order valence-corrected chi connectivity index (χ1v) is 6.89. The minimum Gasteiger partial charge on any atom is -0.264 e. The van der Waals surface area contributed by atoms with Crippen molar-refractivity contribution >= 4 is 10.8 Å². The predicted octanol–water partition coefficient (Wildman–Crippen LogP) is 2.33. The fourth-order valence-electron chi connectivity index (χ4n) is 2.39. The van der Waals surface area contributed by atoms with Crippen LogP contribution in [0.2, 0.25) is 0 Å². The number of fused-ring (bicyclic) bond motifs is 1. The summed E-state index contributed by atoms with van der Waals surface area (Å²) >= 11 is 0. The molecule has 0 aliphatic carbocycles. The van der Waals surface area contributed by atoms with E-state index in [-0.39, 0.29) is 0 Å². The first-order valence-electron chi connectivity index (χ1n) is 6.89. The van der Waals surface area contributed by atoms with Gasteiger partial charge in [0.25, 0.3) is 0 Å². The second kappa shape index (κ2) is 5.33. The molecule has 0 atom stereocenters. The Kier molecular flexibility index (Phi) is 3.05. The van der Waals surface area contributed by atoms with Crippen molar-refractivity contribution in [1.29, 1.82) is 0 Å². The van der Waals surface area contributed by atoms with E-state index < -0.39 is 0 Å². The first-order chi connectivity index (χ1) is 10.9. The molecule has 0 saturated carbocycles. The highest BCUT2D eigenvalue weighted by atomic mass is 15.4. The first kappa shape index (κ1) is 12.6. The quantitative estimate of drug-likeness (QED) is 0.578. The van der Waals surface area contributed by atoms with E-state index >= 15 is 0 Å². The second-order valence-corrected chi connectivity index (χ2v) is 4.87. The number of aromatic nitrogens is 6. The number of pyridine rings is 1. The van der Waals surface area contributed by atoms with Crippen molar-refractivity contribution in [2.75, 3.05) is 0 Å². The zero-order valence-electron chi connectivity index (χ0n) is 11.7. The van der Waals surface area contributed by atoms with E-state index in [1.54, 1.807) is 29.3 Å². The summed E-state index contributed by atoms with van der Waals surface area (Å²) in [6, 6.07) is 9.87. The average Bonchev–Trinajstić information content (AvgIpc) is 3.03. The lowest BCUT2D eigenvalue weighted by molar-refractivity contribution is 0.624. The van der Waals surface area contributed by atoms with Gasteiger partial charge in [-0.25, -0.2) is 14.6 Å². The molecule has 4 rings (SSSR count). The highest BCUT2D eigenvalue weighted by Crippen LogP contribution is 2.26. The van der Waals surface area contributed by atoms with E-state index in [4.69, 9.17) is 0 Å². The largest absolute Gasteiger partial charge is 0.264 e. The van der Waals surface area contributed by atoms with Crippen LogP contribution in [0.1, 0.15) is 5.82 Å². The van der Waals surface area contributed by atoms with Crippen molar-refractivity contribution in [3.05, 3.63) is 67.1 Å². The van der Waals surface area contributed by atoms with Crippen molar-refractivity contribution in [2.45, 2.75) is 6.54 Å². The van der Waals surface area contributed by atoms with E-state index in [9.17, 15) is 0 Å². The van der Waals surface area contributed by atoms with Crippen molar-refractivity contribution in [3.63, 3.8) is 0 Å². The Balaban J connectivity index is 1.71. The molecule has 0 spiro atoms. The highest BCUT2D eigenvalue weighted by molar-refractivity contribution is 5.94. The summed E-state index contributed by atoms with van der Waals surface area (Å²) in [5.74, 6) is 0.707. The Bertz CT molecular complexity index is 911. The van der Waals surface area contributed by atoms with Crippen LogP contribution in [0.15, 0.2) is 61.3 Å². The lowest BCUT2D eigenvalue weighted by atomic mass is 10.1. The van der Waals surface area contributed by atoms with Gasteiger partial charge in [-0.1, -0.05) is 23.4 Å². The molecule has 22 heavy (non-hydrogen) atoms. The Hall–Kier alpha value is -3.15. The van der Waals surface area contributed by atoms with Gasteiger partial charge in [-0.2, -0.15) is 0 Å². The molecule has 106 valence electrons. The average molecular weight is 288 g/mol. The molecule has 0 bridgehead atoms. The molecule has 0 unspecified atom stereocenters. The molecular formula is C16H12N6. The van der Waals surface area contributed by atoms with E-state index in [0.29, 0.717) is 12.4 Å².